The second kappa shape index (κ2) is 5.47. The van der Waals surface area contributed by atoms with Gasteiger partial charge in [-0.1, -0.05) is 6.42 Å². The van der Waals surface area contributed by atoms with Crippen LogP contribution in [0.15, 0.2) is 0 Å². The predicted molar refractivity (Wildman–Crippen MR) is 71.6 cm³/mol. The second-order valence-electron chi connectivity index (χ2n) is 6.69. The van der Waals surface area contributed by atoms with E-state index in [1.807, 2.05) is 20.8 Å². The van der Waals surface area contributed by atoms with Crippen molar-refractivity contribution >= 4 is 6.09 Å². The van der Waals surface area contributed by atoms with Crippen molar-refractivity contribution in [2.75, 3.05) is 19.6 Å². The normalized spacial score (nSPS) is 25.8. The van der Waals surface area contributed by atoms with E-state index in [0.29, 0.717) is 0 Å². The van der Waals surface area contributed by atoms with Crippen LogP contribution in [0.2, 0.25) is 0 Å². The van der Waals surface area contributed by atoms with Crippen LogP contribution in [0.3, 0.4) is 0 Å². The summed E-state index contributed by atoms with van der Waals surface area (Å²) in [6, 6.07) is 0.264. The highest BCUT2D eigenvalue weighted by Gasteiger charge is 2.28. The summed E-state index contributed by atoms with van der Waals surface area (Å²) in [5.41, 5.74) is -0.408. The Morgan fingerprint density at radius 2 is 2.06 bits per heavy atom. The highest BCUT2D eigenvalue weighted by molar-refractivity contribution is 5.68. The summed E-state index contributed by atoms with van der Waals surface area (Å²) in [7, 11) is 0. The molecule has 0 aromatic rings. The molecule has 1 atom stereocenters. The van der Waals surface area contributed by atoms with Crippen LogP contribution >= 0.6 is 0 Å². The monoisotopic (exact) mass is 254 g/mol. The first-order valence-electron chi connectivity index (χ1n) is 7.14. The first-order valence-corrected chi connectivity index (χ1v) is 7.14. The first-order chi connectivity index (χ1) is 8.42. The summed E-state index contributed by atoms with van der Waals surface area (Å²) in [4.78, 5) is 14.1. The van der Waals surface area contributed by atoms with Gasteiger partial charge in [0.25, 0.3) is 0 Å². The van der Waals surface area contributed by atoms with E-state index >= 15 is 0 Å². The number of hydrogen-bond acceptors (Lipinski definition) is 3. The molecule has 104 valence electrons. The highest BCUT2D eigenvalue weighted by Crippen LogP contribution is 2.28. The molecule has 1 N–H and O–H groups in total. The average molecular weight is 254 g/mol. The predicted octanol–water partition coefficient (Wildman–Crippen LogP) is 2.39. The minimum Gasteiger partial charge on any atom is -0.444 e. The van der Waals surface area contributed by atoms with Gasteiger partial charge in [-0.3, -0.25) is 0 Å². The zero-order chi connectivity index (χ0) is 13.2. The average Bonchev–Trinajstić information content (AvgIpc) is 2.56. The number of nitrogens with zero attached hydrogens (tertiary/aromatic N) is 1. The summed E-state index contributed by atoms with van der Waals surface area (Å²) < 4.78 is 5.28. The zero-order valence-corrected chi connectivity index (χ0v) is 11.9. The zero-order valence-electron chi connectivity index (χ0n) is 11.9. The Kier molecular flexibility index (Phi) is 4.15. The van der Waals surface area contributed by atoms with E-state index in [2.05, 4.69) is 10.2 Å². The summed E-state index contributed by atoms with van der Waals surface area (Å²) in [5, 5.41) is 2.97. The Labute approximate surface area is 110 Å². The van der Waals surface area contributed by atoms with E-state index < -0.39 is 5.60 Å². The van der Waals surface area contributed by atoms with E-state index in [4.69, 9.17) is 4.74 Å². The van der Waals surface area contributed by atoms with E-state index in [9.17, 15) is 4.79 Å². The van der Waals surface area contributed by atoms with E-state index in [1.54, 1.807) is 0 Å². The van der Waals surface area contributed by atoms with Gasteiger partial charge < -0.3 is 15.0 Å². The Morgan fingerprint density at radius 1 is 1.33 bits per heavy atom. The molecule has 0 bridgehead atoms. The van der Waals surface area contributed by atoms with Gasteiger partial charge in [0.15, 0.2) is 0 Å². The molecule has 1 heterocycles. The molecule has 0 spiro atoms. The third kappa shape index (κ3) is 4.16. The molecule has 2 fully saturated rings. The van der Waals surface area contributed by atoms with Gasteiger partial charge in [-0.25, -0.2) is 4.79 Å². The van der Waals surface area contributed by atoms with Crippen LogP contribution in [-0.2, 0) is 4.74 Å². The van der Waals surface area contributed by atoms with Gasteiger partial charge in [0.2, 0.25) is 0 Å². The molecule has 4 nitrogen and oxygen atoms in total. The van der Waals surface area contributed by atoms with E-state index in [1.165, 1.54) is 25.8 Å². The Morgan fingerprint density at radius 3 is 2.61 bits per heavy atom. The van der Waals surface area contributed by atoms with Gasteiger partial charge in [0, 0.05) is 25.7 Å². The maximum absolute atomic E-state index is 11.7. The largest absolute Gasteiger partial charge is 0.444 e. The van der Waals surface area contributed by atoms with Crippen LogP contribution < -0.4 is 5.32 Å². The fourth-order valence-corrected chi connectivity index (χ4v) is 2.63. The maximum Gasteiger partial charge on any atom is 0.407 e. The Bertz CT molecular complexity index is 295. The summed E-state index contributed by atoms with van der Waals surface area (Å²) in [6.07, 6.45) is 4.95. The fraction of sp³-hybridized carbons (Fsp3) is 0.929. The molecule has 4 heteroatoms. The van der Waals surface area contributed by atoms with Crippen molar-refractivity contribution < 1.29 is 9.53 Å². The van der Waals surface area contributed by atoms with Gasteiger partial charge in [-0.15, -0.1) is 0 Å². The molecule has 0 aromatic carbocycles. The van der Waals surface area contributed by atoms with E-state index in [0.717, 1.165) is 25.4 Å². The lowest BCUT2D eigenvalue weighted by Gasteiger charge is -2.30. The molecule has 1 saturated carbocycles. The number of nitrogens with one attached hydrogen (secondary N) is 1. The van der Waals surface area contributed by atoms with Crippen molar-refractivity contribution in [2.45, 2.75) is 58.1 Å². The number of amides is 1. The Hall–Kier alpha value is -0.770. The highest BCUT2D eigenvalue weighted by atomic mass is 16.6. The number of carbonyl (C=O) groups is 1. The van der Waals surface area contributed by atoms with Crippen LogP contribution in [-0.4, -0.2) is 42.3 Å². The number of rotatable bonds is 3. The maximum atomic E-state index is 11.7. The smallest absolute Gasteiger partial charge is 0.407 e. The lowest BCUT2D eigenvalue weighted by Crippen LogP contribution is -2.41. The molecule has 1 amide bonds. The van der Waals surface area contributed by atoms with Crippen LogP contribution in [0.25, 0.3) is 0 Å². The number of ether oxygens (including phenoxy) is 1. The van der Waals surface area contributed by atoms with Gasteiger partial charge in [0.05, 0.1) is 0 Å². The third-order valence-electron chi connectivity index (χ3n) is 3.73. The van der Waals surface area contributed by atoms with Crippen LogP contribution in [0.5, 0.6) is 0 Å². The molecule has 0 aromatic heterocycles. The molecular weight excluding hydrogens is 228 g/mol. The minimum absolute atomic E-state index is 0.264. The van der Waals surface area contributed by atoms with Gasteiger partial charge >= 0.3 is 6.09 Å². The van der Waals surface area contributed by atoms with Gasteiger partial charge in [-0.05, 0) is 46.0 Å². The molecule has 1 aliphatic heterocycles. The molecule has 1 saturated heterocycles. The molecule has 1 aliphatic carbocycles. The second-order valence-corrected chi connectivity index (χ2v) is 6.69. The van der Waals surface area contributed by atoms with Crippen molar-refractivity contribution in [1.29, 1.82) is 0 Å². The topological polar surface area (TPSA) is 41.6 Å². The standard InChI is InChI=1S/C14H26N2O2/c1-14(2,3)18-13(17)15-12-7-8-16(10-12)9-11-5-4-6-11/h11-12H,4-10H2,1-3H3,(H,15,17)/t12-/m1/s1. The van der Waals surface area contributed by atoms with Crippen molar-refractivity contribution in [2.24, 2.45) is 5.92 Å². The van der Waals surface area contributed by atoms with Crippen LogP contribution in [0.4, 0.5) is 4.79 Å². The summed E-state index contributed by atoms with van der Waals surface area (Å²) in [5.74, 6) is 0.908. The number of alkyl carbamates (subject to hydrolysis) is 1. The molecule has 18 heavy (non-hydrogen) atoms. The minimum atomic E-state index is -0.408. The summed E-state index contributed by atoms with van der Waals surface area (Å²) in [6.45, 7) is 8.98. The quantitative estimate of drug-likeness (QED) is 0.841. The number of carbonyl (C=O) groups excluding carboxylic acids is 1. The Balaban J connectivity index is 1.67. The van der Waals surface area contributed by atoms with Gasteiger partial charge in [0.1, 0.15) is 5.60 Å². The van der Waals surface area contributed by atoms with Crippen molar-refractivity contribution in [3.8, 4) is 0 Å². The molecule has 0 unspecified atom stereocenters. The lowest BCUT2D eigenvalue weighted by molar-refractivity contribution is 0.0505. The van der Waals surface area contributed by atoms with Crippen molar-refractivity contribution in [3.05, 3.63) is 0 Å². The van der Waals surface area contributed by atoms with E-state index in [-0.39, 0.29) is 12.1 Å². The van der Waals surface area contributed by atoms with Gasteiger partial charge in [-0.2, -0.15) is 0 Å². The van der Waals surface area contributed by atoms with Crippen LogP contribution in [0.1, 0.15) is 46.5 Å². The molecule has 2 rings (SSSR count). The van der Waals surface area contributed by atoms with Crippen molar-refractivity contribution in [1.82, 2.24) is 10.2 Å². The van der Waals surface area contributed by atoms with Crippen molar-refractivity contribution in [3.63, 3.8) is 0 Å². The fourth-order valence-electron chi connectivity index (χ4n) is 2.63. The molecule has 2 aliphatic rings. The molecule has 0 radical (unpaired) electrons. The third-order valence-corrected chi connectivity index (χ3v) is 3.73. The number of hydrogen-bond donors (Lipinski definition) is 1. The first kappa shape index (κ1) is 13.7. The molecular formula is C14H26N2O2. The summed E-state index contributed by atoms with van der Waals surface area (Å²) >= 11 is 0. The number of likely N-dealkylation sites (tertiary alicyclic amines) is 1. The van der Waals surface area contributed by atoms with Crippen LogP contribution in [0, 0.1) is 5.92 Å². The SMILES string of the molecule is CC(C)(C)OC(=O)N[C@@H]1CCN(CC2CCC2)C1. The lowest BCUT2D eigenvalue weighted by atomic mass is 9.85.